The van der Waals surface area contributed by atoms with Gasteiger partial charge in [0.1, 0.15) is 5.82 Å². The molecule has 0 bridgehead atoms. The van der Waals surface area contributed by atoms with E-state index in [1.807, 2.05) is 0 Å². The molecule has 0 radical (unpaired) electrons. The second kappa shape index (κ2) is 7.55. The maximum Gasteiger partial charge on any atom is 0.173 e. The third-order valence-electron chi connectivity index (χ3n) is 5.83. The molecule has 0 aliphatic carbocycles. The van der Waals surface area contributed by atoms with Crippen molar-refractivity contribution in [3.8, 4) is 0 Å². The van der Waals surface area contributed by atoms with Gasteiger partial charge in [-0.3, -0.25) is 0 Å². The quantitative estimate of drug-likeness (QED) is 0.575. The minimum absolute atomic E-state index is 0.376. The van der Waals surface area contributed by atoms with Gasteiger partial charge in [-0.2, -0.15) is 0 Å². The molecule has 0 spiro atoms. The van der Waals surface area contributed by atoms with Gasteiger partial charge >= 0.3 is 0 Å². The van der Waals surface area contributed by atoms with Crippen LogP contribution in [0.5, 0.6) is 0 Å². The molecule has 0 amide bonds. The number of H-pyrrole nitrogens is 1. The van der Waals surface area contributed by atoms with Gasteiger partial charge in [-0.05, 0) is 87.6 Å². The maximum absolute atomic E-state index is 5.73. The first kappa shape index (κ1) is 18.9. The number of fused-ring (bicyclic) bond motifs is 1. The lowest BCUT2D eigenvalue weighted by atomic mass is 9.98. The topological polar surface area (TPSA) is 44.0 Å². The second-order valence-electron chi connectivity index (χ2n) is 8.11. The van der Waals surface area contributed by atoms with Gasteiger partial charge in [0.05, 0.1) is 11.0 Å². The van der Waals surface area contributed by atoms with Gasteiger partial charge < -0.3 is 15.2 Å². The zero-order valence-electron chi connectivity index (χ0n) is 17.1. The van der Waals surface area contributed by atoms with Gasteiger partial charge in [-0.25, -0.2) is 4.98 Å². The summed E-state index contributed by atoms with van der Waals surface area (Å²) in [5, 5.41) is 4.25. The highest BCUT2D eigenvalue weighted by Gasteiger charge is 2.25. The van der Waals surface area contributed by atoms with E-state index in [0.29, 0.717) is 5.92 Å². The van der Waals surface area contributed by atoms with E-state index in [1.54, 1.807) is 0 Å². The lowest BCUT2D eigenvalue weighted by molar-refractivity contribution is 0.307. The Kier molecular flexibility index (Phi) is 5.11. The number of aromatic amines is 1. The summed E-state index contributed by atoms with van der Waals surface area (Å²) in [5.74, 6) is 1.46. The number of aromatic nitrogens is 2. The highest BCUT2D eigenvalue weighted by atomic mass is 32.1. The van der Waals surface area contributed by atoms with Crippen molar-refractivity contribution in [1.82, 2.24) is 14.9 Å². The number of hydrogen-bond acceptors (Lipinski definition) is 2. The molecule has 146 valence electrons. The highest BCUT2D eigenvalue weighted by Crippen LogP contribution is 2.28. The number of benzene rings is 2. The molecule has 1 aliphatic rings. The average molecular weight is 393 g/mol. The molecular formula is C23H28N4S. The van der Waals surface area contributed by atoms with Crippen LogP contribution in [0.3, 0.4) is 0 Å². The number of aryl methyl sites for hydroxylation is 4. The summed E-state index contributed by atoms with van der Waals surface area (Å²) in [6, 6.07) is 10.8. The molecule has 3 aromatic rings. The SMILES string of the molecule is Cc1ccc(NC(=S)N2CCCC(c3nc4cc(C)c(C)cc4[nH]3)C2)c(C)c1. The molecule has 0 saturated carbocycles. The molecule has 5 heteroatoms. The van der Waals surface area contributed by atoms with Crippen molar-refractivity contribution >= 4 is 34.1 Å². The molecule has 4 rings (SSSR count). The van der Waals surface area contributed by atoms with Crippen molar-refractivity contribution in [1.29, 1.82) is 0 Å². The molecule has 2 heterocycles. The van der Waals surface area contributed by atoms with Crippen LogP contribution in [0.25, 0.3) is 11.0 Å². The molecule has 2 N–H and O–H groups in total. The Morgan fingerprint density at radius 1 is 1.11 bits per heavy atom. The molecule has 4 nitrogen and oxygen atoms in total. The predicted molar refractivity (Wildman–Crippen MR) is 121 cm³/mol. The standard InChI is InChI=1S/C23H28N4S/c1-14-7-8-19(17(4)10-14)26-23(28)27-9-5-6-18(13-27)22-24-20-11-15(2)16(3)12-21(20)25-22/h7-8,10-12,18H,5-6,9,13H2,1-4H3,(H,24,25)(H,26,28). The zero-order valence-corrected chi connectivity index (χ0v) is 17.9. The van der Waals surface area contributed by atoms with Crippen molar-refractivity contribution in [2.45, 2.75) is 46.5 Å². The Morgan fingerprint density at radius 2 is 1.89 bits per heavy atom. The second-order valence-corrected chi connectivity index (χ2v) is 8.50. The highest BCUT2D eigenvalue weighted by molar-refractivity contribution is 7.80. The fraction of sp³-hybridized carbons (Fsp3) is 0.391. The summed E-state index contributed by atoms with van der Waals surface area (Å²) >= 11 is 5.73. The first-order valence-electron chi connectivity index (χ1n) is 10.0. The zero-order chi connectivity index (χ0) is 19.8. The van der Waals surface area contributed by atoms with E-state index in [9.17, 15) is 0 Å². The Balaban J connectivity index is 1.50. The number of imidazole rings is 1. The Bertz CT molecular complexity index is 998. The van der Waals surface area contributed by atoms with Crippen molar-refractivity contribution in [2.24, 2.45) is 0 Å². The lowest BCUT2D eigenvalue weighted by Crippen LogP contribution is -2.41. The molecule has 1 unspecified atom stereocenters. The summed E-state index contributed by atoms with van der Waals surface area (Å²) < 4.78 is 0. The predicted octanol–water partition coefficient (Wildman–Crippen LogP) is 5.37. The third kappa shape index (κ3) is 3.76. The molecule has 1 fully saturated rings. The summed E-state index contributed by atoms with van der Waals surface area (Å²) in [7, 11) is 0. The average Bonchev–Trinajstić information content (AvgIpc) is 3.07. The fourth-order valence-corrected chi connectivity index (χ4v) is 4.29. The molecule has 28 heavy (non-hydrogen) atoms. The molecule has 1 atom stereocenters. The van der Waals surface area contributed by atoms with E-state index in [1.165, 1.54) is 22.3 Å². The molecule has 1 aromatic heterocycles. The van der Waals surface area contributed by atoms with Crippen LogP contribution in [-0.4, -0.2) is 33.1 Å². The van der Waals surface area contributed by atoms with E-state index in [-0.39, 0.29) is 0 Å². The van der Waals surface area contributed by atoms with Gasteiger partial charge in [0.2, 0.25) is 0 Å². The van der Waals surface area contributed by atoms with Gasteiger partial charge in [0.25, 0.3) is 0 Å². The van der Waals surface area contributed by atoms with Gasteiger partial charge in [-0.15, -0.1) is 0 Å². The molecule has 1 aliphatic heterocycles. The van der Waals surface area contributed by atoms with Gasteiger partial charge in [0.15, 0.2) is 5.11 Å². The number of rotatable bonds is 2. The van der Waals surface area contributed by atoms with Crippen LogP contribution in [0.2, 0.25) is 0 Å². The van der Waals surface area contributed by atoms with Crippen LogP contribution < -0.4 is 5.32 Å². The van der Waals surface area contributed by atoms with E-state index < -0.39 is 0 Å². The first-order valence-corrected chi connectivity index (χ1v) is 10.4. The van der Waals surface area contributed by atoms with Crippen LogP contribution in [0.15, 0.2) is 30.3 Å². The normalized spacial score (nSPS) is 17.1. The fourth-order valence-electron chi connectivity index (χ4n) is 4.02. The monoisotopic (exact) mass is 392 g/mol. The van der Waals surface area contributed by atoms with Crippen LogP contribution in [0, 0.1) is 27.7 Å². The Hall–Kier alpha value is -2.40. The summed E-state index contributed by atoms with van der Waals surface area (Å²) in [6.07, 6.45) is 2.26. The van der Waals surface area contributed by atoms with Crippen LogP contribution in [0.4, 0.5) is 5.69 Å². The molecule has 1 saturated heterocycles. The largest absolute Gasteiger partial charge is 0.348 e. The van der Waals surface area contributed by atoms with Crippen LogP contribution in [0.1, 0.15) is 46.8 Å². The number of nitrogens with zero attached hydrogens (tertiary/aromatic N) is 2. The van der Waals surface area contributed by atoms with Gasteiger partial charge in [0, 0.05) is 24.7 Å². The van der Waals surface area contributed by atoms with Gasteiger partial charge in [-0.1, -0.05) is 17.7 Å². The van der Waals surface area contributed by atoms with Crippen molar-refractivity contribution in [3.63, 3.8) is 0 Å². The number of thiocarbonyl (C=S) groups is 1. The van der Waals surface area contributed by atoms with E-state index in [2.05, 4.69) is 73.2 Å². The van der Waals surface area contributed by atoms with Crippen molar-refractivity contribution in [2.75, 3.05) is 18.4 Å². The smallest absolute Gasteiger partial charge is 0.173 e. The molecular weight excluding hydrogens is 364 g/mol. The van der Waals surface area contributed by atoms with Crippen molar-refractivity contribution in [3.05, 3.63) is 58.4 Å². The number of hydrogen-bond donors (Lipinski definition) is 2. The minimum Gasteiger partial charge on any atom is -0.348 e. The number of piperidine rings is 1. The molecule has 2 aromatic carbocycles. The maximum atomic E-state index is 5.73. The third-order valence-corrected chi connectivity index (χ3v) is 6.19. The van der Waals surface area contributed by atoms with Crippen molar-refractivity contribution < 1.29 is 0 Å². The van der Waals surface area contributed by atoms with E-state index >= 15 is 0 Å². The number of likely N-dealkylation sites (tertiary alicyclic amines) is 1. The lowest BCUT2D eigenvalue weighted by Gasteiger charge is -2.34. The summed E-state index contributed by atoms with van der Waals surface area (Å²) in [5.41, 5.74) is 8.35. The first-order chi connectivity index (χ1) is 13.4. The minimum atomic E-state index is 0.376. The number of anilines is 1. The van der Waals surface area contributed by atoms with Crippen LogP contribution in [-0.2, 0) is 0 Å². The Morgan fingerprint density at radius 3 is 2.68 bits per heavy atom. The summed E-state index contributed by atoms with van der Waals surface area (Å²) in [4.78, 5) is 10.7. The Labute approximate surface area is 172 Å². The number of nitrogens with one attached hydrogen (secondary N) is 2. The van der Waals surface area contributed by atoms with Crippen LogP contribution >= 0.6 is 12.2 Å². The van der Waals surface area contributed by atoms with E-state index in [0.717, 1.165) is 53.6 Å². The van der Waals surface area contributed by atoms with E-state index in [4.69, 9.17) is 17.2 Å². The summed E-state index contributed by atoms with van der Waals surface area (Å²) in [6.45, 7) is 10.4.